The lowest BCUT2D eigenvalue weighted by Gasteiger charge is -2.15. The van der Waals surface area contributed by atoms with Crippen LogP contribution in [-0.4, -0.2) is 18.1 Å². The third-order valence-electron chi connectivity index (χ3n) is 1.91. The Labute approximate surface area is 80.6 Å². The molecule has 2 atom stereocenters. The normalized spacial score (nSPS) is 15.1. The lowest BCUT2D eigenvalue weighted by molar-refractivity contribution is -0.150. The number of carbonyl (C=O) groups excluding carboxylic acids is 1. The van der Waals surface area contributed by atoms with Crippen molar-refractivity contribution in [3.05, 3.63) is 0 Å². The first-order valence-corrected chi connectivity index (χ1v) is 5.07. The number of carbonyl (C=O) groups is 1. The topological polar surface area (TPSA) is 52.3 Å². The van der Waals surface area contributed by atoms with Crippen LogP contribution in [0.25, 0.3) is 0 Å². The third kappa shape index (κ3) is 5.64. The molecular formula is C10H21NO2. The number of ether oxygens (including phenoxy) is 1. The molecule has 0 rings (SSSR count). The Morgan fingerprint density at radius 2 is 1.85 bits per heavy atom. The lowest BCUT2D eigenvalue weighted by atomic mass is 10.2. The van der Waals surface area contributed by atoms with Crippen molar-refractivity contribution in [1.82, 2.24) is 0 Å². The van der Waals surface area contributed by atoms with Gasteiger partial charge in [0.15, 0.2) is 0 Å². The van der Waals surface area contributed by atoms with E-state index < -0.39 is 6.04 Å². The zero-order valence-electron chi connectivity index (χ0n) is 8.88. The maximum atomic E-state index is 11.3. The Kier molecular flexibility index (Phi) is 6.59. The fraction of sp³-hybridized carbons (Fsp3) is 0.900. The largest absolute Gasteiger partial charge is 0.462 e. The fourth-order valence-corrected chi connectivity index (χ4v) is 1.18. The highest BCUT2D eigenvalue weighted by Crippen LogP contribution is 2.04. The van der Waals surface area contributed by atoms with E-state index in [1.165, 1.54) is 0 Å². The number of rotatable bonds is 6. The van der Waals surface area contributed by atoms with Crippen molar-refractivity contribution in [3.63, 3.8) is 0 Å². The van der Waals surface area contributed by atoms with Gasteiger partial charge in [-0.1, -0.05) is 26.7 Å². The van der Waals surface area contributed by atoms with Crippen LogP contribution in [0.3, 0.4) is 0 Å². The molecule has 0 spiro atoms. The minimum atomic E-state index is -0.440. The van der Waals surface area contributed by atoms with Crippen molar-refractivity contribution < 1.29 is 9.53 Å². The molecule has 78 valence electrons. The molecular weight excluding hydrogens is 166 g/mol. The Morgan fingerprint density at radius 3 is 2.31 bits per heavy atom. The molecule has 0 amide bonds. The van der Waals surface area contributed by atoms with Crippen molar-refractivity contribution in [1.29, 1.82) is 0 Å². The molecule has 0 heterocycles. The van der Waals surface area contributed by atoms with Gasteiger partial charge in [-0.25, -0.2) is 0 Å². The fourth-order valence-electron chi connectivity index (χ4n) is 1.18. The van der Waals surface area contributed by atoms with Gasteiger partial charge in [0.1, 0.15) is 6.04 Å². The second-order valence-corrected chi connectivity index (χ2v) is 3.43. The molecule has 3 heteroatoms. The van der Waals surface area contributed by atoms with Gasteiger partial charge in [-0.2, -0.15) is 0 Å². The average Bonchev–Trinajstić information content (AvgIpc) is 2.05. The smallest absolute Gasteiger partial charge is 0.323 e. The Hall–Kier alpha value is -0.570. The van der Waals surface area contributed by atoms with E-state index in [0.29, 0.717) is 6.42 Å². The van der Waals surface area contributed by atoms with Crippen LogP contribution < -0.4 is 5.73 Å². The van der Waals surface area contributed by atoms with Crippen molar-refractivity contribution >= 4 is 5.97 Å². The van der Waals surface area contributed by atoms with Crippen LogP contribution in [0.15, 0.2) is 0 Å². The first kappa shape index (κ1) is 12.4. The van der Waals surface area contributed by atoms with Gasteiger partial charge in [0.25, 0.3) is 0 Å². The summed E-state index contributed by atoms with van der Waals surface area (Å²) in [5, 5.41) is 0. The minimum absolute atomic E-state index is 0.000376. The standard InChI is InChI=1S/C10H21NO2/c1-4-6-8(3)13-10(12)9(11)7-5-2/h8-9H,4-7,11H2,1-3H3/t8?,9-/m0/s1. The van der Waals surface area contributed by atoms with Gasteiger partial charge in [-0.3, -0.25) is 4.79 Å². The maximum absolute atomic E-state index is 11.3. The first-order chi connectivity index (χ1) is 6.11. The van der Waals surface area contributed by atoms with Crippen LogP contribution in [0.5, 0.6) is 0 Å². The van der Waals surface area contributed by atoms with Gasteiger partial charge in [0.05, 0.1) is 6.10 Å². The van der Waals surface area contributed by atoms with Crippen LogP contribution in [-0.2, 0) is 9.53 Å². The molecule has 1 unspecified atom stereocenters. The van der Waals surface area contributed by atoms with Crippen molar-refractivity contribution in [2.75, 3.05) is 0 Å². The average molecular weight is 187 g/mol. The van der Waals surface area contributed by atoms with E-state index in [4.69, 9.17) is 10.5 Å². The van der Waals surface area contributed by atoms with Crippen LogP contribution in [0.1, 0.15) is 46.5 Å². The first-order valence-electron chi connectivity index (χ1n) is 5.07. The van der Waals surface area contributed by atoms with Crippen LogP contribution in [0, 0.1) is 0 Å². The van der Waals surface area contributed by atoms with Gasteiger partial charge in [-0.05, 0) is 19.8 Å². The quantitative estimate of drug-likeness (QED) is 0.645. The highest BCUT2D eigenvalue weighted by Gasteiger charge is 2.16. The molecule has 0 aliphatic rings. The highest BCUT2D eigenvalue weighted by atomic mass is 16.5. The zero-order valence-corrected chi connectivity index (χ0v) is 8.88. The number of hydrogen-bond acceptors (Lipinski definition) is 3. The van der Waals surface area contributed by atoms with Gasteiger partial charge in [0, 0.05) is 0 Å². The van der Waals surface area contributed by atoms with Crippen LogP contribution in [0.2, 0.25) is 0 Å². The van der Waals surface area contributed by atoms with E-state index in [1.54, 1.807) is 0 Å². The van der Waals surface area contributed by atoms with Crippen molar-refractivity contribution in [2.45, 2.75) is 58.6 Å². The van der Waals surface area contributed by atoms with Gasteiger partial charge in [-0.15, -0.1) is 0 Å². The molecule has 0 aromatic heterocycles. The summed E-state index contributed by atoms with van der Waals surface area (Å²) in [6.07, 6.45) is 3.55. The van der Waals surface area contributed by atoms with E-state index in [0.717, 1.165) is 19.3 Å². The summed E-state index contributed by atoms with van der Waals surface area (Å²) in [5.74, 6) is -0.261. The molecule has 0 radical (unpaired) electrons. The van der Waals surface area contributed by atoms with E-state index >= 15 is 0 Å². The highest BCUT2D eigenvalue weighted by molar-refractivity contribution is 5.75. The summed E-state index contributed by atoms with van der Waals surface area (Å²) in [6, 6.07) is -0.440. The van der Waals surface area contributed by atoms with Crippen molar-refractivity contribution in [2.24, 2.45) is 5.73 Å². The van der Waals surface area contributed by atoms with E-state index in [1.807, 2.05) is 13.8 Å². The molecule has 2 N–H and O–H groups in total. The predicted molar refractivity (Wildman–Crippen MR) is 53.3 cm³/mol. The summed E-state index contributed by atoms with van der Waals surface area (Å²) < 4.78 is 5.14. The molecule has 0 aliphatic heterocycles. The van der Waals surface area contributed by atoms with E-state index in [-0.39, 0.29) is 12.1 Å². The zero-order chi connectivity index (χ0) is 10.3. The predicted octanol–water partition coefficient (Wildman–Crippen LogP) is 1.85. The minimum Gasteiger partial charge on any atom is -0.462 e. The Bertz CT molecular complexity index is 148. The summed E-state index contributed by atoms with van der Waals surface area (Å²) in [7, 11) is 0. The van der Waals surface area contributed by atoms with Gasteiger partial charge < -0.3 is 10.5 Å². The summed E-state index contributed by atoms with van der Waals surface area (Å²) in [4.78, 5) is 11.3. The van der Waals surface area contributed by atoms with Crippen LogP contribution >= 0.6 is 0 Å². The van der Waals surface area contributed by atoms with Crippen LogP contribution in [0.4, 0.5) is 0 Å². The number of esters is 1. The molecule has 13 heavy (non-hydrogen) atoms. The molecule has 0 aliphatic carbocycles. The van der Waals surface area contributed by atoms with Gasteiger partial charge in [0.2, 0.25) is 0 Å². The maximum Gasteiger partial charge on any atom is 0.323 e. The Morgan fingerprint density at radius 1 is 1.31 bits per heavy atom. The van der Waals surface area contributed by atoms with E-state index in [9.17, 15) is 4.79 Å². The Balaban J connectivity index is 3.71. The molecule has 0 bridgehead atoms. The second-order valence-electron chi connectivity index (χ2n) is 3.43. The lowest BCUT2D eigenvalue weighted by Crippen LogP contribution is -2.34. The van der Waals surface area contributed by atoms with Gasteiger partial charge >= 0.3 is 5.97 Å². The molecule has 0 saturated carbocycles. The summed E-state index contributed by atoms with van der Waals surface area (Å²) >= 11 is 0. The molecule has 0 fully saturated rings. The summed E-state index contributed by atoms with van der Waals surface area (Å²) in [5.41, 5.74) is 5.60. The summed E-state index contributed by atoms with van der Waals surface area (Å²) in [6.45, 7) is 5.97. The number of hydrogen-bond donors (Lipinski definition) is 1. The third-order valence-corrected chi connectivity index (χ3v) is 1.91. The number of nitrogens with two attached hydrogens (primary N) is 1. The van der Waals surface area contributed by atoms with Crippen molar-refractivity contribution in [3.8, 4) is 0 Å². The monoisotopic (exact) mass is 187 g/mol. The molecule has 3 nitrogen and oxygen atoms in total. The van der Waals surface area contributed by atoms with E-state index in [2.05, 4.69) is 6.92 Å². The SMILES string of the molecule is CCCC(C)OC(=O)[C@@H](N)CCC. The molecule has 0 aromatic rings. The second kappa shape index (κ2) is 6.89. The molecule has 0 aromatic carbocycles. The molecule has 0 saturated heterocycles.